The van der Waals surface area contributed by atoms with Gasteiger partial charge in [0, 0.05) is 0 Å². The summed E-state index contributed by atoms with van der Waals surface area (Å²) in [6, 6.07) is 45.6. The molecule has 0 saturated heterocycles. The highest BCUT2D eigenvalue weighted by molar-refractivity contribution is 5.90. The second-order valence-corrected chi connectivity index (χ2v) is 11.9. The lowest BCUT2D eigenvalue weighted by Crippen LogP contribution is -2.28. The van der Waals surface area contributed by atoms with Crippen LogP contribution in [0.25, 0.3) is 21.9 Å². The van der Waals surface area contributed by atoms with Crippen LogP contribution in [0.15, 0.2) is 121 Å². The van der Waals surface area contributed by atoms with Gasteiger partial charge in [-0.2, -0.15) is 0 Å². The molecule has 6 aromatic rings. The molecule has 6 aromatic carbocycles. The first-order valence-corrected chi connectivity index (χ1v) is 14.8. The molecular weight excluding hydrogens is 492 g/mol. The van der Waals surface area contributed by atoms with E-state index in [9.17, 15) is 0 Å². The SMILES string of the molecule is Cc1ccc2c(c1)C(c1ccccc1)(c1ccccc1)c1cc(C)c(CCc3c(C)ccc4c(C)cccc34)cc1-2. The maximum Gasteiger partial charge on any atom is 0.0713 e. The van der Waals surface area contributed by atoms with E-state index in [0.29, 0.717) is 0 Å². The van der Waals surface area contributed by atoms with Crippen molar-refractivity contribution in [2.24, 2.45) is 0 Å². The fraction of sp³-hybridized carbons (Fsp3) is 0.171. The molecule has 0 nitrogen and oxygen atoms in total. The van der Waals surface area contributed by atoms with Crippen LogP contribution in [0, 0.1) is 27.7 Å². The highest BCUT2D eigenvalue weighted by Crippen LogP contribution is 2.56. The van der Waals surface area contributed by atoms with Crippen LogP contribution in [0.5, 0.6) is 0 Å². The van der Waals surface area contributed by atoms with Gasteiger partial charge < -0.3 is 0 Å². The first-order valence-electron chi connectivity index (χ1n) is 14.8. The standard InChI is InChI=1S/C41H36/c1-27-18-21-37-38-26-31(20-23-35-29(3)19-22-34-28(2)12-11-17-36(34)35)30(4)25-40(38)41(39(37)24-27,32-13-7-5-8-14-32)33-15-9-6-10-16-33/h5-19,21-22,24-26H,20,23H2,1-4H3. The number of fused-ring (bicyclic) bond motifs is 4. The van der Waals surface area contributed by atoms with Gasteiger partial charge in [-0.15, -0.1) is 0 Å². The van der Waals surface area contributed by atoms with Crippen molar-refractivity contribution in [3.63, 3.8) is 0 Å². The largest absolute Gasteiger partial charge is 0.0713 e. The van der Waals surface area contributed by atoms with E-state index in [1.807, 2.05) is 0 Å². The zero-order valence-corrected chi connectivity index (χ0v) is 24.5. The maximum absolute atomic E-state index is 2.51. The molecule has 0 heterocycles. The summed E-state index contributed by atoms with van der Waals surface area (Å²) in [5.74, 6) is 0. The molecule has 0 bridgehead atoms. The van der Waals surface area contributed by atoms with Crippen molar-refractivity contribution >= 4 is 10.8 Å². The predicted octanol–water partition coefficient (Wildman–Crippen LogP) is 10.2. The summed E-state index contributed by atoms with van der Waals surface area (Å²) >= 11 is 0. The van der Waals surface area contributed by atoms with E-state index >= 15 is 0 Å². The van der Waals surface area contributed by atoms with Gasteiger partial charge in [-0.05, 0) is 113 Å². The average Bonchev–Trinajstić information content (AvgIpc) is 3.26. The molecule has 0 aromatic heterocycles. The Morgan fingerprint density at radius 1 is 0.463 bits per heavy atom. The van der Waals surface area contributed by atoms with E-state index in [4.69, 9.17) is 0 Å². The Bertz CT molecular complexity index is 1870. The van der Waals surface area contributed by atoms with E-state index in [1.165, 1.54) is 77.5 Å². The lowest BCUT2D eigenvalue weighted by molar-refractivity contribution is 0.765. The van der Waals surface area contributed by atoms with Gasteiger partial charge in [-0.25, -0.2) is 0 Å². The van der Waals surface area contributed by atoms with Gasteiger partial charge in [0.15, 0.2) is 0 Å². The summed E-state index contributed by atoms with van der Waals surface area (Å²) in [4.78, 5) is 0. The molecule has 0 atom stereocenters. The van der Waals surface area contributed by atoms with Crippen LogP contribution in [0.4, 0.5) is 0 Å². The summed E-state index contributed by atoms with van der Waals surface area (Å²) in [7, 11) is 0. The highest BCUT2D eigenvalue weighted by Gasteiger charge is 2.46. The van der Waals surface area contributed by atoms with Gasteiger partial charge in [0.1, 0.15) is 0 Å². The molecule has 0 spiro atoms. The van der Waals surface area contributed by atoms with Gasteiger partial charge in [0.05, 0.1) is 5.41 Å². The quantitative estimate of drug-likeness (QED) is 0.208. The molecule has 200 valence electrons. The molecular formula is C41H36. The molecule has 0 saturated carbocycles. The van der Waals surface area contributed by atoms with Crippen LogP contribution in [0.2, 0.25) is 0 Å². The Labute approximate surface area is 244 Å². The van der Waals surface area contributed by atoms with Gasteiger partial charge in [0.25, 0.3) is 0 Å². The number of hydrogen-bond donors (Lipinski definition) is 0. The normalized spacial score (nSPS) is 13.3. The molecule has 0 N–H and O–H groups in total. The summed E-state index contributed by atoms with van der Waals surface area (Å²) in [6.07, 6.45) is 2.06. The van der Waals surface area contributed by atoms with Gasteiger partial charge >= 0.3 is 0 Å². The summed E-state index contributed by atoms with van der Waals surface area (Å²) in [5.41, 5.74) is 16.2. The number of hydrogen-bond acceptors (Lipinski definition) is 0. The zero-order chi connectivity index (χ0) is 28.1. The fourth-order valence-corrected chi connectivity index (χ4v) is 7.35. The Morgan fingerprint density at radius 3 is 1.85 bits per heavy atom. The maximum atomic E-state index is 2.51. The number of rotatable bonds is 5. The van der Waals surface area contributed by atoms with Crippen molar-refractivity contribution in [1.29, 1.82) is 0 Å². The monoisotopic (exact) mass is 528 g/mol. The third kappa shape index (κ3) is 3.97. The van der Waals surface area contributed by atoms with Crippen molar-refractivity contribution in [1.82, 2.24) is 0 Å². The van der Waals surface area contributed by atoms with Crippen molar-refractivity contribution in [3.05, 3.63) is 177 Å². The van der Waals surface area contributed by atoms with Crippen LogP contribution in [0.3, 0.4) is 0 Å². The van der Waals surface area contributed by atoms with Crippen LogP contribution >= 0.6 is 0 Å². The minimum absolute atomic E-state index is 0.341. The molecule has 41 heavy (non-hydrogen) atoms. The zero-order valence-electron chi connectivity index (χ0n) is 24.5. The molecule has 0 aliphatic heterocycles. The van der Waals surface area contributed by atoms with Gasteiger partial charge in [0.2, 0.25) is 0 Å². The van der Waals surface area contributed by atoms with Crippen molar-refractivity contribution in [3.8, 4) is 11.1 Å². The molecule has 1 aliphatic rings. The Balaban J connectivity index is 1.41. The third-order valence-electron chi connectivity index (χ3n) is 9.43. The van der Waals surface area contributed by atoms with Crippen LogP contribution < -0.4 is 0 Å². The highest BCUT2D eigenvalue weighted by atomic mass is 14.5. The Hall–Kier alpha value is -4.42. The first-order chi connectivity index (χ1) is 20.0. The number of benzene rings is 6. The number of aryl methyl sites for hydroxylation is 6. The lowest BCUT2D eigenvalue weighted by atomic mass is 9.67. The molecule has 0 unspecified atom stereocenters. The van der Waals surface area contributed by atoms with Crippen molar-refractivity contribution < 1.29 is 0 Å². The van der Waals surface area contributed by atoms with Crippen LogP contribution in [-0.4, -0.2) is 0 Å². The second-order valence-electron chi connectivity index (χ2n) is 11.9. The molecule has 1 aliphatic carbocycles. The van der Waals surface area contributed by atoms with Crippen LogP contribution in [0.1, 0.15) is 55.6 Å². The Kier molecular flexibility index (Phi) is 6.16. The van der Waals surface area contributed by atoms with E-state index in [-0.39, 0.29) is 5.41 Å². The minimum atomic E-state index is -0.341. The van der Waals surface area contributed by atoms with Crippen molar-refractivity contribution in [2.45, 2.75) is 46.0 Å². The summed E-state index contributed by atoms with van der Waals surface area (Å²) < 4.78 is 0. The first kappa shape index (κ1) is 25.5. The molecule has 7 rings (SSSR count). The smallest absolute Gasteiger partial charge is 0.0622 e. The van der Waals surface area contributed by atoms with Gasteiger partial charge in [-0.1, -0.05) is 127 Å². The molecule has 0 radical (unpaired) electrons. The van der Waals surface area contributed by atoms with E-state index in [0.717, 1.165) is 12.8 Å². The lowest BCUT2D eigenvalue weighted by Gasteiger charge is -2.34. The average molecular weight is 529 g/mol. The molecule has 0 heteroatoms. The Morgan fingerprint density at radius 2 is 1.15 bits per heavy atom. The molecule has 0 amide bonds. The van der Waals surface area contributed by atoms with Crippen LogP contribution in [-0.2, 0) is 18.3 Å². The van der Waals surface area contributed by atoms with Crippen molar-refractivity contribution in [2.75, 3.05) is 0 Å². The second kappa shape index (κ2) is 9.89. The fourth-order valence-electron chi connectivity index (χ4n) is 7.35. The van der Waals surface area contributed by atoms with Gasteiger partial charge in [-0.3, -0.25) is 0 Å². The van der Waals surface area contributed by atoms with E-state index < -0.39 is 0 Å². The summed E-state index contributed by atoms with van der Waals surface area (Å²) in [6.45, 7) is 9.01. The third-order valence-corrected chi connectivity index (χ3v) is 9.43. The van der Waals surface area contributed by atoms with E-state index in [1.54, 1.807) is 0 Å². The van der Waals surface area contributed by atoms with E-state index in [2.05, 4.69) is 149 Å². The minimum Gasteiger partial charge on any atom is -0.0622 e. The predicted molar refractivity (Wildman–Crippen MR) is 174 cm³/mol. The molecule has 0 fully saturated rings. The topological polar surface area (TPSA) is 0 Å². The summed E-state index contributed by atoms with van der Waals surface area (Å²) in [5, 5.41) is 2.77.